The lowest BCUT2D eigenvalue weighted by molar-refractivity contribution is 0.430. The molecule has 2 aromatic rings. The highest BCUT2D eigenvalue weighted by Crippen LogP contribution is 2.24. The minimum Gasteiger partial charge on any atom is -0.398 e. The van der Waals surface area contributed by atoms with Gasteiger partial charge in [-0.05, 0) is 19.1 Å². The van der Waals surface area contributed by atoms with Crippen LogP contribution in [0.4, 0.5) is 5.69 Å². The highest BCUT2D eigenvalue weighted by atomic mass is 16.5. The number of nitrogens with two attached hydrogens (primary N) is 1. The number of rotatable bonds is 1. The van der Waals surface area contributed by atoms with Gasteiger partial charge in [-0.2, -0.15) is 4.98 Å². The van der Waals surface area contributed by atoms with E-state index in [1.54, 1.807) is 0 Å². The standard InChI is InChI=1S/C9H9N3O/c1-6-2-3-8(10)7(4-6)9-11-5-12-13-9/h2-5H,10H2,1H3. The van der Waals surface area contributed by atoms with Crippen LogP contribution in [-0.2, 0) is 0 Å². The summed E-state index contributed by atoms with van der Waals surface area (Å²) in [6, 6.07) is 5.69. The SMILES string of the molecule is Cc1ccc(N)c(-c2ncno2)c1. The third-order valence-corrected chi connectivity index (χ3v) is 1.80. The first-order valence-corrected chi connectivity index (χ1v) is 3.90. The fourth-order valence-electron chi connectivity index (χ4n) is 1.15. The predicted molar refractivity (Wildman–Crippen MR) is 48.9 cm³/mol. The number of aromatic nitrogens is 2. The Morgan fingerprint density at radius 1 is 1.38 bits per heavy atom. The minimum atomic E-state index is 0.459. The Labute approximate surface area is 75.4 Å². The molecular formula is C9H9N3O. The Balaban J connectivity index is 2.57. The number of anilines is 1. The lowest BCUT2D eigenvalue weighted by Gasteiger charge is -2.00. The van der Waals surface area contributed by atoms with Crippen molar-refractivity contribution < 1.29 is 4.52 Å². The summed E-state index contributed by atoms with van der Waals surface area (Å²) in [5.74, 6) is 0.459. The van der Waals surface area contributed by atoms with Crippen molar-refractivity contribution in [3.63, 3.8) is 0 Å². The molecule has 2 rings (SSSR count). The van der Waals surface area contributed by atoms with Gasteiger partial charge < -0.3 is 10.3 Å². The molecule has 0 bridgehead atoms. The Morgan fingerprint density at radius 2 is 2.23 bits per heavy atom. The van der Waals surface area contributed by atoms with E-state index in [2.05, 4.69) is 10.1 Å². The fourth-order valence-corrected chi connectivity index (χ4v) is 1.15. The average molecular weight is 175 g/mol. The summed E-state index contributed by atoms with van der Waals surface area (Å²) >= 11 is 0. The van der Waals surface area contributed by atoms with Crippen molar-refractivity contribution in [1.29, 1.82) is 0 Å². The van der Waals surface area contributed by atoms with Crippen LogP contribution < -0.4 is 5.73 Å². The quantitative estimate of drug-likeness (QED) is 0.669. The molecule has 66 valence electrons. The monoisotopic (exact) mass is 175 g/mol. The predicted octanol–water partition coefficient (Wildman–Crippen LogP) is 1.63. The molecule has 0 fully saturated rings. The maximum absolute atomic E-state index is 5.75. The van der Waals surface area contributed by atoms with E-state index in [9.17, 15) is 0 Å². The molecule has 0 unspecified atom stereocenters. The fraction of sp³-hybridized carbons (Fsp3) is 0.111. The molecule has 13 heavy (non-hydrogen) atoms. The molecular weight excluding hydrogens is 166 g/mol. The first-order chi connectivity index (χ1) is 6.27. The smallest absolute Gasteiger partial charge is 0.259 e. The second-order valence-electron chi connectivity index (χ2n) is 2.84. The molecule has 1 heterocycles. The number of hydrogen-bond acceptors (Lipinski definition) is 4. The zero-order chi connectivity index (χ0) is 9.26. The number of nitrogens with zero attached hydrogens (tertiary/aromatic N) is 2. The second kappa shape index (κ2) is 2.90. The van der Waals surface area contributed by atoms with Crippen molar-refractivity contribution in [2.45, 2.75) is 6.92 Å². The van der Waals surface area contributed by atoms with E-state index in [1.165, 1.54) is 6.33 Å². The average Bonchev–Trinajstić information content (AvgIpc) is 2.61. The van der Waals surface area contributed by atoms with E-state index in [0.29, 0.717) is 11.6 Å². The summed E-state index contributed by atoms with van der Waals surface area (Å²) in [6.07, 6.45) is 1.36. The third-order valence-electron chi connectivity index (χ3n) is 1.80. The molecule has 4 nitrogen and oxygen atoms in total. The lowest BCUT2D eigenvalue weighted by atomic mass is 10.1. The number of nitrogen functional groups attached to an aromatic ring is 1. The molecule has 2 N–H and O–H groups in total. The van der Waals surface area contributed by atoms with E-state index < -0.39 is 0 Å². The highest BCUT2D eigenvalue weighted by molar-refractivity contribution is 5.70. The number of hydrogen-bond donors (Lipinski definition) is 1. The van der Waals surface area contributed by atoms with Crippen LogP contribution in [0.5, 0.6) is 0 Å². The molecule has 1 aromatic heterocycles. The van der Waals surface area contributed by atoms with Gasteiger partial charge in [0, 0.05) is 5.69 Å². The van der Waals surface area contributed by atoms with Crippen LogP contribution in [0, 0.1) is 6.92 Å². The van der Waals surface area contributed by atoms with Crippen LogP contribution in [0.3, 0.4) is 0 Å². The molecule has 1 aromatic carbocycles. The van der Waals surface area contributed by atoms with Gasteiger partial charge in [0.25, 0.3) is 5.89 Å². The van der Waals surface area contributed by atoms with Crippen LogP contribution in [0.25, 0.3) is 11.5 Å². The van der Waals surface area contributed by atoms with Crippen molar-refractivity contribution >= 4 is 5.69 Å². The second-order valence-corrected chi connectivity index (χ2v) is 2.84. The molecule has 0 radical (unpaired) electrons. The molecule has 0 atom stereocenters. The molecule has 0 aliphatic rings. The summed E-state index contributed by atoms with van der Waals surface area (Å²) in [5, 5.41) is 3.53. The van der Waals surface area contributed by atoms with E-state index in [-0.39, 0.29) is 0 Å². The van der Waals surface area contributed by atoms with Gasteiger partial charge in [0.1, 0.15) is 0 Å². The maximum atomic E-state index is 5.75. The molecule has 0 spiro atoms. The zero-order valence-corrected chi connectivity index (χ0v) is 7.19. The minimum absolute atomic E-state index is 0.459. The summed E-state index contributed by atoms with van der Waals surface area (Å²) in [4.78, 5) is 3.93. The molecule has 0 amide bonds. The van der Waals surface area contributed by atoms with Gasteiger partial charge in [0.05, 0.1) is 5.56 Å². The summed E-state index contributed by atoms with van der Waals surface area (Å²) in [5.41, 5.74) is 8.30. The Bertz CT molecular complexity index is 409. The number of benzene rings is 1. The topological polar surface area (TPSA) is 64.9 Å². The lowest BCUT2D eigenvalue weighted by Crippen LogP contribution is -1.90. The van der Waals surface area contributed by atoms with Crippen LogP contribution in [0.15, 0.2) is 29.0 Å². The highest BCUT2D eigenvalue weighted by Gasteiger charge is 2.07. The van der Waals surface area contributed by atoms with Crippen LogP contribution in [0.1, 0.15) is 5.56 Å². The van der Waals surface area contributed by atoms with Gasteiger partial charge in [-0.15, -0.1) is 0 Å². The van der Waals surface area contributed by atoms with Crippen molar-refractivity contribution in [3.8, 4) is 11.5 Å². The van der Waals surface area contributed by atoms with Crippen molar-refractivity contribution in [1.82, 2.24) is 10.1 Å². The Morgan fingerprint density at radius 3 is 2.92 bits per heavy atom. The van der Waals surface area contributed by atoms with Gasteiger partial charge in [-0.25, -0.2) is 0 Å². The van der Waals surface area contributed by atoms with Gasteiger partial charge in [0.15, 0.2) is 6.33 Å². The van der Waals surface area contributed by atoms with Crippen LogP contribution >= 0.6 is 0 Å². The number of aryl methyl sites for hydroxylation is 1. The Kier molecular flexibility index (Phi) is 1.73. The van der Waals surface area contributed by atoms with Gasteiger partial charge in [0.2, 0.25) is 0 Å². The molecule has 4 heteroatoms. The molecule has 0 aliphatic heterocycles. The summed E-state index contributed by atoms with van der Waals surface area (Å²) in [7, 11) is 0. The van der Waals surface area contributed by atoms with Crippen molar-refractivity contribution in [3.05, 3.63) is 30.1 Å². The molecule has 0 aliphatic carbocycles. The van der Waals surface area contributed by atoms with E-state index in [1.807, 2.05) is 25.1 Å². The molecule has 0 saturated heterocycles. The zero-order valence-electron chi connectivity index (χ0n) is 7.19. The van der Waals surface area contributed by atoms with Gasteiger partial charge in [-0.3, -0.25) is 0 Å². The molecule has 0 saturated carbocycles. The van der Waals surface area contributed by atoms with Crippen LogP contribution in [-0.4, -0.2) is 10.1 Å². The van der Waals surface area contributed by atoms with Gasteiger partial charge >= 0.3 is 0 Å². The largest absolute Gasteiger partial charge is 0.398 e. The van der Waals surface area contributed by atoms with Crippen molar-refractivity contribution in [2.75, 3.05) is 5.73 Å². The van der Waals surface area contributed by atoms with E-state index >= 15 is 0 Å². The maximum Gasteiger partial charge on any atom is 0.259 e. The van der Waals surface area contributed by atoms with Gasteiger partial charge in [-0.1, -0.05) is 16.8 Å². The summed E-state index contributed by atoms with van der Waals surface area (Å²) < 4.78 is 4.91. The third kappa shape index (κ3) is 1.38. The normalized spacial score (nSPS) is 10.2. The first-order valence-electron chi connectivity index (χ1n) is 3.90. The summed E-state index contributed by atoms with van der Waals surface area (Å²) in [6.45, 7) is 1.99. The Hall–Kier alpha value is -1.84. The van der Waals surface area contributed by atoms with E-state index in [4.69, 9.17) is 10.3 Å². The first kappa shape index (κ1) is 7.79. The van der Waals surface area contributed by atoms with Crippen molar-refractivity contribution in [2.24, 2.45) is 0 Å². The van der Waals surface area contributed by atoms with E-state index in [0.717, 1.165) is 11.1 Å². The van der Waals surface area contributed by atoms with Crippen LogP contribution in [0.2, 0.25) is 0 Å².